The van der Waals surface area contributed by atoms with Crippen molar-refractivity contribution in [2.45, 2.75) is 32.8 Å². The van der Waals surface area contributed by atoms with E-state index in [2.05, 4.69) is 99.2 Å². The first-order valence-corrected chi connectivity index (χ1v) is 42.3. The number of rotatable bonds is 10. The number of anilines is 3. The number of pyridine rings is 5. The molecule has 0 bridgehead atoms. The van der Waals surface area contributed by atoms with Crippen LogP contribution in [0.5, 0.6) is 0 Å². The van der Waals surface area contributed by atoms with Gasteiger partial charge in [-0.3, -0.25) is 24.9 Å². The van der Waals surface area contributed by atoms with Gasteiger partial charge in [0.15, 0.2) is 0 Å². The van der Waals surface area contributed by atoms with Crippen LogP contribution in [-0.2, 0) is 44.3 Å². The van der Waals surface area contributed by atoms with E-state index in [1.807, 2.05) is 102 Å². The lowest BCUT2D eigenvalue weighted by Crippen LogP contribution is -2.40. The van der Waals surface area contributed by atoms with Crippen LogP contribution in [0.1, 0.15) is 13.0 Å². The second-order valence-corrected chi connectivity index (χ2v) is 35.0. The second-order valence-electron chi connectivity index (χ2n) is 22.9. The predicted molar refractivity (Wildman–Crippen MR) is 443 cm³/mol. The van der Waals surface area contributed by atoms with Crippen LogP contribution >= 0.6 is 114 Å². The molecule has 31 heteroatoms. The molecule has 2 aliphatic rings. The Balaban J connectivity index is 0.000000131. The summed E-state index contributed by atoms with van der Waals surface area (Å²) in [4.78, 5) is 31.3. The van der Waals surface area contributed by atoms with Crippen molar-refractivity contribution in [3.8, 4) is 0 Å². The van der Waals surface area contributed by atoms with E-state index < -0.39 is 29.1 Å². The highest BCUT2D eigenvalue weighted by molar-refractivity contribution is 14.1. The normalized spacial score (nSPS) is 13.4. The number of hydrogen-bond acceptors (Lipinski definition) is 20. The van der Waals surface area contributed by atoms with Crippen molar-refractivity contribution < 1.29 is 34.7 Å². The fourth-order valence-corrected chi connectivity index (χ4v) is 17.9. The van der Waals surface area contributed by atoms with Gasteiger partial charge in [-0.05, 0) is 186 Å². The Morgan fingerprint density at radius 1 is 0.453 bits per heavy atom. The van der Waals surface area contributed by atoms with Crippen LogP contribution in [-0.4, -0.2) is 121 Å². The quantitative estimate of drug-likeness (QED) is 0.0558. The molecule has 7 aromatic heterocycles. The lowest BCUT2D eigenvalue weighted by Gasteiger charge is -2.26. The summed E-state index contributed by atoms with van der Waals surface area (Å²) in [5.74, 6) is 0.963. The number of ether oxygens (including phenoxy) is 2. The zero-order valence-corrected chi connectivity index (χ0v) is 65.7. The summed E-state index contributed by atoms with van der Waals surface area (Å²) < 4.78 is 90.2. The molecule has 15 aromatic rings. The lowest BCUT2D eigenvalue weighted by atomic mass is 10.2. The highest BCUT2D eigenvalue weighted by Gasteiger charge is 2.28. The molecule has 0 saturated carbocycles. The Kier molecular flexibility index (Phi) is 27.4. The van der Waals surface area contributed by atoms with Gasteiger partial charge in [0, 0.05) is 126 Å². The number of nitrogens with one attached hydrogen (secondary N) is 1. The first kappa shape index (κ1) is 79.5. The van der Waals surface area contributed by atoms with E-state index in [9.17, 15) is 25.3 Å². The van der Waals surface area contributed by atoms with Crippen LogP contribution in [0.4, 0.5) is 17.1 Å². The average Bonchev–Trinajstić information content (AvgIpc) is 0.864. The molecular formula is C75H63Cl5IN11O8S6. The van der Waals surface area contributed by atoms with E-state index in [1.165, 1.54) is 39.5 Å². The molecule has 2 saturated heterocycles. The molecule has 8 aromatic carbocycles. The topological polar surface area (TPSA) is 256 Å². The molecule has 17 rings (SSSR count). The monoisotopic (exact) mass is 1740 g/mol. The van der Waals surface area contributed by atoms with Gasteiger partial charge in [0.2, 0.25) is 20.0 Å². The Morgan fingerprint density at radius 2 is 0.877 bits per heavy atom. The largest absolute Gasteiger partial charge is 0.399 e. The van der Waals surface area contributed by atoms with Crippen molar-refractivity contribution in [1.29, 1.82) is 0 Å². The summed E-state index contributed by atoms with van der Waals surface area (Å²) in [6.07, 6.45) is 8.32. The molecule has 2 fully saturated rings. The van der Waals surface area contributed by atoms with Crippen LogP contribution in [0.15, 0.2) is 250 Å². The number of halogens is 6. The summed E-state index contributed by atoms with van der Waals surface area (Å²) in [6.45, 7) is 3.17. The van der Waals surface area contributed by atoms with Crippen molar-refractivity contribution in [2.24, 2.45) is 0 Å². The van der Waals surface area contributed by atoms with Gasteiger partial charge in [-0.1, -0.05) is 84.2 Å². The number of thioether (sulfide) groups is 1. The second kappa shape index (κ2) is 36.5. The van der Waals surface area contributed by atoms with Crippen molar-refractivity contribution in [2.75, 3.05) is 63.7 Å². The number of sulfonamides is 2. The van der Waals surface area contributed by atoms with E-state index in [0.29, 0.717) is 84.5 Å². The van der Waals surface area contributed by atoms with Crippen molar-refractivity contribution >= 4 is 235 Å². The summed E-state index contributed by atoms with van der Waals surface area (Å²) in [7, 11) is -5.58. The van der Waals surface area contributed by atoms with E-state index in [1.54, 1.807) is 114 Å². The molecule has 0 spiro atoms. The van der Waals surface area contributed by atoms with Crippen LogP contribution in [0, 0.1) is 3.57 Å². The van der Waals surface area contributed by atoms with Crippen LogP contribution in [0.25, 0.3) is 74.9 Å². The van der Waals surface area contributed by atoms with Gasteiger partial charge in [0.05, 0.1) is 120 Å². The molecule has 19 nitrogen and oxygen atoms in total. The van der Waals surface area contributed by atoms with Crippen LogP contribution < -0.4 is 11.1 Å². The Bertz CT molecular complexity index is 5980. The third kappa shape index (κ3) is 20.2. The van der Waals surface area contributed by atoms with Gasteiger partial charge >= 0.3 is 0 Å². The van der Waals surface area contributed by atoms with E-state index in [0.717, 1.165) is 81.3 Å². The smallest absolute Gasteiger partial charge is 0.261 e. The SMILES string of the molecule is C.Clc1ccnc2ccc(I)cc12.Clc1ccnc2ccc(SCc3ccccc3)cc12.Nc1ccc2scnc2c1.O=S(=O)(Cl)c1ccc2nccc(Cl)c2c1.O=S(=O)(c1ccc2nccc(Cl)c2c1)N1CCOCC1.O=S(=O)(c1ccc2nccc(Nc3ccc4scnc4c3)c2c1)N1CCOCC1. The lowest BCUT2D eigenvalue weighted by molar-refractivity contribution is 0.0730. The zero-order chi connectivity index (χ0) is 73.7. The van der Waals surface area contributed by atoms with E-state index in [4.69, 9.17) is 72.3 Å². The predicted octanol–water partition coefficient (Wildman–Crippen LogP) is 19.5. The third-order valence-electron chi connectivity index (χ3n) is 16.1. The summed E-state index contributed by atoms with van der Waals surface area (Å²) >= 11 is 31.5. The summed E-state index contributed by atoms with van der Waals surface area (Å²) in [5, 5.41) is 9.84. The fraction of sp³-hybridized carbons (Fsp3) is 0.133. The number of fused-ring (bicyclic) bond motifs is 7. The third-order valence-corrected chi connectivity index (χ3v) is 25.9. The molecule has 9 heterocycles. The molecular weight excluding hydrogens is 1680 g/mol. The zero-order valence-electron chi connectivity index (χ0n) is 54.9. The maximum Gasteiger partial charge on any atom is 0.261 e. The Labute approximate surface area is 662 Å². The van der Waals surface area contributed by atoms with E-state index >= 15 is 0 Å². The number of thiazole rings is 2. The van der Waals surface area contributed by atoms with Crippen LogP contribution in [0.3, 0.4) is 0 Å². The molecule has 0 aliphatic carbocycles. The Morgan fingerprint density at radius 3 is 1.40 bits per heavy atom. The molecule has 0 amide bonds. The number of benzene rings is 8. The molecule has 544 valence electrons. The molecule has 0 atom stereocenters. The van der Waals surface area contributed by atoms with Gasteiger partial charge < -0.3 is 20.5 Å². The molecule has 0 radical (unpaired) electrons. The van der Waals surface area contributed by atoms with Crippen molar-refractivity contribution in [1.82, 2.24) is 43.5 Å². The molecule has 3 N–H and O–H groups in total. The number of hydrogen-bond donors (Lipinski definition) is 2. The van der Waals surface area contributed by atoms with Crippen molar-refractivity contribution in [3.05, 3.63) is 259 Å². The maximum atomic E-state index is 13.0. The molecule has 2 aliphatic heterocycles. The summed E-state index contributed by atoms with van der Waals surface area (Å²) in [6, 6.07) is 57.4. The standard InChI is InChI=1S/C20H18N4O3S2.C16H12ClNS.C13H13ClN2O3S.C9H5Cl2NO2S.C9H5ClIN.C7H6N2S.CH4/c25-29(26,24-7-9-27-10-8-24)15-2-3-17-16(12-15)18(5-6-21-17)23-14-1-4-20-19(11-14)22-13-28-20;17-15-8-9-18-16-7-6-13(10-14(15)16)19-11-12-4-2-1-3-5-12;14-12-3-4-15-13-2-1-10(9-11(12)13)20(17,18)16-5-7-19-8-6-16;10-8-3-4-12-9-2-1-6(5-7(8)9)15(11,13)14;10-8-3-4-12-9-2-1-6(11)5-7(8)9;8-5-1-2-7-6(3-5)9-4-10-7;/h1-6,11-13H,7-10H2,(H,21,23);1-10H,11H2;1-4,9H,5-8H2;1-5H;1-5H;1-4H,8H2;1H4. The average molecular weight is 1740 g/mol. The minimum atomic E-state index is -3.73. The first-order chi connectivity index (χ1) is 50.6. The highest BCUT2D eigenvalue weighted by atomic mass is 127. The maximum absolute atomic E-state index is 13.0. The highest BCUT2D eigenvalue weighted by Crippen LogP contribution is 2.34. The van der Waals surface area contributed by atoms with Gasteiger partial charge in [0.1, 0.15) is 0 Å². The van der Waals surface area contributed by atoms with Crippen LogP contribution in [0.2, 0.25) is 20.1 Å². The minimum Gasteiger partial charge on any atom is -0.399 e. The number of aromatic nitrogens is 7. The first-order valence-electron chi connectivity index (χ1n) is 31.8. The van der Waals surface area contributed by atoms with Gasteiger partial charge in [-0.2, -0.15) is 8.61 Å². The summed E-state index contributed by atoms with van der Waals surface area (Å²) in [5.41, 5.74) is 18.8. The number of nitrogen functional groups attached to an aromatic ring is 1. The van der Waals surface area contributed by atoms with E-state index in [-0.39, 0.29) is 22.1 Å². The molecule has 0 unspecified atom stereocenters. The van der Waals surface area contributed by atoms with Gasteiger partial charge in [0.25, 0.3) is 9.05 Å². The minimum absolute atomic E-state index is 0. The number of nitrogens with zero attached hydrogens (tertiary/aromatic N) is 9. The molecule has 106 heavy (non-hydrogen) atoms. The van der Waals surface area contributed by atoms with Gasteiger partial charge in [-0.25, -0.2) is 35.2 Å². The van der Waals surface area contributed by atoms with Crippen molar-refractivity contribution in [3.63, 3.8) is 0 Å². The number of morpholine rings is 2. The van der Waals surface area contributed by atoms with Gasteiger partial charge in [-0.15, -0.1) is 34.4 Å². The number of nitrogens with two attached hydrogens (primary N) is 1. The fourth-order valence-electron chi connectivity index (χ4n) is 10.7. The Hall–Kier alpha value is -7.59.